The molecule has 1 heterocycles. The Balaban J connectivity index is 2.60. The van der Waals surface area contributed by atoms with E-state index >= 15 is 0 Å². The molecule has 0 aliphatic rings. The summed E-state index contributed by atoms with van der Waals surface area (Å²) in [6.07, 6.45) is 0. The third kappa shape index (κ3) is 3.47. The molecule has 10 heteroatoms. The first-order valence-corrected chi connectivity index (χ1v) is 7.22. The van der Waals surface area contributed by atoms with E-state index in [9.17, 15) is 10.1 Å². The van der Waals surface area contributed by atoms with Crippen molar-refractivity contribution in [2.24, 2.45) is 0 Å². The van der Waals surface area contributed by atoms with Gasteiger partial charge in [-0.15, -0.1) is 0 Å². The first-order chi connectivity index (χ1) is 11.4. The molecule has 2 rings (SSSR count). The highest BCUT2D eigenvalue weighted by molar-refractivity contribution is 9.10. The molecule has 124 valence electrons. The number of anilines is 2. The van der Waals surface area contributed by atoms with Crippen LogP contribution in [-0.4, -0.2) is 34.8 Å². The fourth-order valence-corrected chi connectivity index (χ4v) is 2.50. The fraction of sp³-hybridized carbons (Fsp3) is 0.143. The normalized spacial score (nSPS) is 10.0. The average molecular weight is 394 g/mol. The predicted octanol–water partition coefficient (Wildman–Crippen LogP) is 1.41. The van der Waals surface area contributed by atoms with Crippen LogP contribution < -0.4 is 20.9 Å². The molecule has 9 nitrogen and oxygen atoms in total. The molecule has 0 unspecified atom stereocenters. The highest BCUT2D eigenvalue weighted by atomic mass is 79.9. The summed E-state index contributed by atoms with van der Waals surface area (Å²) in [4.78, 5) is 18.5. The van der Waals surface area contributed by atoms with Crippen LogP contribution in [0.25, 0.3) is 11.3 Å². The number of aliphatic carboxylic acids is 1. The minimum atomic E-state index is -1.13. The maximum absolute atomic E-state index is 10.7. The lowest BCUT2D eigenvalue weighted by Gasteiger charge is -2.14. The molecular weight excluding hydrogens is 382 g/mol. The van der Waals surface area contributed by atoms with Crippen LogP contribution in [0, 0.1) is 11.3 Å². The molecule has 0 bridgehead atoms. The second-order valence-corrected chi connectivity index (χ2v) is 5.33. The van der Waals surface area contributed by atoms with Crippen LogP contribution in [0.3, 0.4) is 0 Å². The molecule has 1 aromatic carbocycles. The zero-order valence-corrected chi connectivity index (χ0v) is 14.0. The number of carboxylic acid groups (broad SMARTS) is 1. The predicted molar refractivity (Wildman–Crippen MR) is 88.4 cm³/mol. The van der Waals surface area contributed by atoms with Crippen molar-refractivity contribution in [2.75, 3.05) is 25.2 Å². The third-order valence-corrected chi connectivity index (χ3v) is 3.50. The number of rotatable bonds is 5. The zero-order valence-electron chi connectivity index (χ0n) is 12.4. The summed E-state index contributed by atoms with van der Waals surface area (Å²) in [6.45, 7) is -0.537. The van der Waals surface area contributed by atoms with Gasteiger partial charge >= 0.3 is 5.97 Å². The summed E-state index contributed by atoms with van der Waals surface area (Å²) in [5.41, 5.74) is 12.1. The summed E-state index contributed by atoms with van der Waals surface area (Å²) in [5.74, 6) is -0.794. The van der Waals surface area contributed by atoms with E-state index in [0.717, 1.165) is 0 Å². The van der Waals surface area contributed by atoms with Crippen LogP contribution in [0.4, 0.5) is 11.8 Å². The van der Waals surface area contributed by atoms with Gasteiger partial charge in [-0.25, -0.2) is 9.78 Å². The molecule has 0 aliphatic carbocycles. The molecule has 1 aromatic heterocycles. The fourth-order valence-electron chi connectivity index (χ4n) is 1.95. The number of hydrogen-bond donors (Lipinski definition) is 3. The Kier molecular flexibility index (Phi) is 5.05. The number of hydrogen-bond acceptors (Lipinski definition) is 8. The molecule has 0 aliphatic heterocycles. The molecule has 0 atom stereocenters. The van der Waals surface area contributed by atoms with Gasteiger partial charge in [0.25, 0.3) is 0 Å². The molecule has 0 fully saturated rings. The molecule has 5 N–H and O–H groups in total. The van der Waals surface area contributed by atoms with Crippen molar-refractivity contribution >= 4 is 33.7 Å². The lowest BCUT2D eigenvalue weighted by atomic mass is 10.1. The Morgan fingerprint density at radius 1 is 1.42 bits per heavy atom. The molecule has 0 amide bonds. The van der Waals surface area contributed by atoms with Gasteiger partial charge in [0, 0.05) is 5.56 Å². The van der Waals surface area contributed by atoms with Gasteiger partial charge in [-0.2, -0.15) is 10.2 Å². The van der Waals surface area contributed by atoms with Crippen LogP contribution >= 0.6 is 15.9 Å². The van der Waals surface area contributed by atoms with E-state index in [4.69, 9.17) is 26.0 Å². The third-order valence-electron chi connectivity index (χ3n) is 2.91. The van der Waals surface area contributed by atoms with Crippen LogP contribution in [0.2, 0.25) is 0 Å². The SMILES string of the molecule is COc1cc(-c2nc(N)nc(N)c2C#N)cc(Br)c1OCC(=O)O. The van der Waals surface area contributed by atoms with Crippen molar-refractivity contribution in [3.63, 3.8) is 0 Å². The minimum absolute atomic E-state index is 0.0405. The van der Waals surface area contributed by atoms with E-state index in [0.29, 0.717) is 10.0 Å². The van der Waals surface area contributed by atoms with Crippen LogP contribution in [0.5, 0.6) is 11.5 Å². The van der Waals surface area contributed by atoms with Gasteiger partial charge in [0.15, 0.2) is 18.1 Å². The number of halogens is 1. The van der Waals surface area contributed by atoms with Gasteiger partial charge in [0.2, 0.25) is 5.95 Å². The van der Waals surface area contributed by atoms with Crippen molar-refractivity contribution in [1.29, 1.82) is 5.26 Å². The largest absolute Gasteiger partial charge is 0.493 e. The number of nitrogen functional groups attached to an aromatic ring is 2. The summed E-state index contributed by atoms with van der Waals surface area (Å²) in [7, 11) is 1.40. The number of nitriles is 1. The van der Waals surface area contributed by atoms with Gasteiger partial charge in [-0.3, -0.25) is 0 Å². The van der Waals surface area contributed by atoms with Crippen molar-refractivity contribution in [2.45, 2.75) is 0 Å². The molecule has 2 aromatic rings. The number of methoxy groups -OCH3 is 1. The maximum Gasteiger partial charge on any atom is 0.341 e. The van der Waals surface area contributed by atoms with Gasteiger partial charge < -0.3 is 26.0 Å². The van der Waals surface area contributed by atoms with E-state index in [1.807, 2.05) is 6.07 Å². The van der Waals surface area contributed by atoms with Crippen LogP contribution in [-0.2, 0) is 4.79 Å². The van der Waals surface area contributed by atoms with Crippen molar-refractivity contribution in [3.8, 4) is 28.8 Å². The number of nitrogens with zero attached hydrogens (tertiary/aromatic N) is 3. The topological polar surface area (TPSA) is 157 Å². The number of carbonyl (C=O) groups is 1. The number of carboxylic acids is 1. The van der Waals surface area contributed by atoms with E-state index in [-0.39, 0.29) is 34.5 Å². The monoisotopic (exact) mass is 393 g/mol. The molecule has 0 saturated carbocycles. The Bertz CT molecular complexity index is 850. The second-order valence-electron chi connectivity index (χ2n) is 4.47. The van der Waals surface area contributed by atoms with E-state index < -0.39 is 12.6 Å². The standard InChI is InChI=1S/C14H12BrN5O4/c1-23-9-3-6(2-8(15)12(9)24-5-10(21)22)11-7(4-16)13(17)20-14(18)19-11/h2-3H,5H2,1H3,(H,21,22)(H4,17,18,19,20). The maximum atomic E-state index is 10.7. The van der Waals surface area contributed by atoms with Gasteiger partial charge in [-0.05, 0) is 28.1 Å². The summed E-state index contributed by atoms with van der Waals surface area (Å²) in [5, 5.41) is 18.0. The van der Waals surface area contributed by atoms with Crippen molar-refractivity contribution in [1.82, 2.24) is 9.97 Å². The Morgan fingerprint density at radius 3 is 2.71 bits per heavy atom. The lowest BCUT2D eigenvalue weighted by Crippen LogP contribution is -2.10. The van der Waals surface area contributed by atoms with E-state index in [2.05, 4.69) is 25.9 Å². The average Bonchev–Trinajstić information content (AvgIpc) is 2.52. The highest BCUT2D eigenvalue weighted by Gasteiger charge is 2.18. The van der Waals surface area contributed by atoms with E-state index in [1.54, 1.807) is 6.07 Å². The van der Waals surface area contributed by atoms with Gasteiger partial charge in [-0.1, -0.05) is 0 Å². The number of benzene rings is 1. The van der Waals surface area contributed by atoms with Crippen molar-refractivity contribution < 1.29 is 19.4 Å². The summed E-state index contributed by atoms with van der Waals surface area (Å²) in [6, 6.07) is 5.05. The first kappa shape index (κ1) is 17.3. The Hall–Kier alpha value is -3.06. The number of aromatic nitrogens is 2. The molecule has 0 saturated heterocycles. The molecule has 0 radical (unpaired) electrons. The first-order valence-electron chi connectivity index (χ1n) is 6.43. The minimum Gasteiger partial charge on any atom is -0.493 e. The van der Waals surface area contributed by atoms with Crippen molar-refractivity contribution in [3.05, 3.63) is 22.2 Å². The highest BCUT2D eigenvalue weighted by Crippen LogP contribution is 2.40. The zero-order chi connectivity index (χ0) is 17.9. The Labute approximate surface area is 145 Å². The van der Waals surface area contributed by atoms with Crippen LogP contribution in [0.1, 0.15) is 5.56 Å². The number of nitrogens with two attached hydrogens (primary N) is 2. The van der Waals surface area contributed by atoms with Crippen LogP contribution in [0.15, 0.2) is 16.6 Å². The summed E-state index contributed by atoms with van der Waals surface area (Å²) >= 11 is 3.28. The smallest absolute Gasteiger partial charge is 0.341 e. The molecule has 0 spiro atoms. The van der Waals surface area contributed by atoms with Gasteiger partial charge in [0.1, 0.15) is 17.5 Å². The second kappa shape index (κ2) is 7.01. The molecular formula is C14H12BrN5O4. The molecule has 24 heavy (non-hydrogen) atoms. The van der Waals surface area contributed by atoms with Gasteiger partial charge in [0.05, 0.1) is 17.3 Å². The van der Waals surface area contributed by atoms with E-state index in [1.165, 1.54) is 13.2 Å². The number of ether oxygens (including phenoxy) is 2. The quantitative estimate of drug-likeness (QED) is 0.682. The lowest BCUT2D eigenvalue weighted by molar-refractivity contribution is -0.139. The Morgan fingerprint density at radius 2 is 2.12 bits per heavy atom. The summed E-state index contributed by atoms with van der Waals surface area (Å²) < 4.78 is 10.8.